The molecule has 0 saturated heterocycles. The highest BCUT2D eigenvalue weighted by molar-refractivity contribution is 7.03. The molecule has 3 aliphatic heterocycles. The minimum Gasteiger partial charge on any atom is -0.551 e. The third kappa shape index (κ3) is 2.29. The van der Waals surface area contributed by atoms with Gasteiger partial charge in [0.1, 0.15) is 8.07 Å². The van der Waals surface area contributed by atoms with Crippen LogP contribution in [0.5, 0.6) is 5.75 Å². The molecule has 3 heterocycles. The molecule has 0 saturated carbocycles. The lowest BCUT2D eigenvalue weighted by Gasteiger charge is -2.52. The average molecular weight is 443 g/mol. The van der Waals surface area contributed by atoms with Crippen molar-refractivity contribution in [1.29, 1.82) is 0 Å². The first kappa shape index (κ1) is 19.3. The number of anilines is 3. The molecule has 7 rings (SSSR count). The van der Waals surface area contributed by atoms with E-state index in [0.29, 0.717) is 0 Å². The van der Waals surface area contributed by atoms with Gasteiger partial charge in [0.2, 0.25) is 0 Å². The van der Waals surface area contributed by atoms with E-state index in [9.17, 15) is 0 Å². The van der Waals surface area contributed by atoms with Crippen molar-refractivity contribution in [1.82, 2.24) is 0 Å². The lowest BCUT2D eigenvalue weighted by atomic mass is 9.50. The number of hydrogen-bond donors (Lipinski definition) is 0. The summed E-state index contributed by atoms with van der Waals surface area (Å²) in [5.74, 6) is 0.912. The molecule has 0 aliphatic carbocycles. The zero-order valence-corrected chi connectivity index (χ0v) is 20.5. The SMILES string of the molecule is CC1(C)c2cccc3c2N2c4c(cccc4[Si](C)(C)c4cccc1c42)B3Oc1ccccc1. The van der Waals surface area contributed by atoms with E-state index in [2.05, 4.69) is 98.6 Å². The van der Waals surface area contributed by atoms with E-state index < -0.39 is 8.07 Å². The zero-order valence-electron chi connectivity index (χ0n) is 19.5. The van der Waals surface area contributed by atoms with Gasteiger partial charge in [0, 0.05) is 22.5 Å². The highest BCUT2D eigenvalue weighted by Gasteiger charge is 2.51. The topological polar surface area (TPSA) is 12.5 Å². The first-order chi connectivity index (χ1) is 15.9. The Bertz CT molecular complexity index is 1370. The maximum absolute atomic E-state index is 6.77. The molecule has 0 atom stereocenters. The molecule has 0 spiro atoms. The van der Waals surface area contributed by atoms with Crippen LogP contribution in [0.4, 0.5) is 17.1 Å². The normalized spacial score (nSPS) is 17.5. The van der Waals surface area contributed by atoms with Crippen molar-refractivity contribution in [3.05, 3.63) is 96.1 Å². The van der Waals surface area contributed by atoms with Crippen LogP contribution in [0.25, 0.3) is 0 Å². The van der Waals surface area contributed by atoms with E-state index >= 15 is 0 Å². The fourth-order valence-electron chi connectivity index (χ4n) is 6.40. The van der Waals surface area contributed by atoms with Crippen molar-refractivity contribution in [3.63, 3.8) is 0 Å². The molecule has 4 aromatic carbocycles. The van der Waals surface area contributed by atoms with Gasteiger partial charge in [-0.25, -0.2) is 0 Å². The monoisotopic (exact) mass is 443 g/mol. The van der Waals surface area contributed by atoms with Gasteiger partial charge < -0.3 is 9.55 Å². The van der Waals surface area contributed by atoms with Crippen LogP contribution in [0.15, 0.2) is 84.9 Å². The molecule has 0 bridgehead atoms. The van der Waals surface area contributed by atoms with E-state index in [0.717, 1.165) is 5.75 Å². The van der Waals surface area contributed by atoms with Gasteiger partial charge in [-0.05, 0) is 44.6 Å². The molecule has 0 N–H and O–H groups in total. The Labute approximate surface area is 197 Å². The van der Waals surface area contributed by atoms with Crippen LogP contribution in [0.2, 0.25) is 13.1 Å². The molecule has 4 heteroatoms. The van der Waals surface area contributed by atoms with Gasteiger partial charge in [-0.2, -0.15) is 0 Å². The molecule has 0 fully saturated rings. The van der Waals surface area contributed by atoms with Crippen molar-refractivity contribution >= 4 is 53.4 Å². The summed E-state index contributed by atoms with van der Waals surface area (Å²) in [5, 5.41) is 3.05. The number of hydrogen-bond acceptors (Lipinski definition) is 2. The Kier molecular flexibility index (Phi) is 3.62. The van der Waals surface area contributed by atoms with E-state index in [1.54, 1.807) is 5.19 Å². The van der Waals surface area contributed by atoms with Crippen molar-refractivity contribution in [2.45, 2.75) is 32.4 Å². The fourth-order valence-corrected chi connectivity index (χ4v) is 9.40. The maximum Gasteiger partial charge on any atom is 0.430 e. The molecular formula is C29H26BNOSi. The molecule has 2 nitrogen and oxygen atoms in total. The third-order valence-corrected chi connectivity index (χ3v) is 11.6. The zero-order chi connectivity index (χ0) is 22.5. The molecule has 0 unspecified atom stereocenters. The molecular weight excluding hydrogens is 417 g/mol. The molecule has 160 valence electrons. The summed E-state index contributed by atoms with van der Waals surface area (Å²) >= 11 is 0. The summed E-state index contributed by atoms with van der Waals surface area (Å²) < 4.78 is 6.77. The largest absolute Gasteiger partial charge is 0.551 e. The molecule has 3 aliphatic rings. The van der Waals surface area contributed by atoms with Gasteiger partial charge in [-0.3, -0.25) is 0 Å². The minimum absolute atomic E-state index is 0.0707. The van der Waals surface area contributed by atoms with Gasteiger partial charge in [0.25, 0.3) is 0 Å². The average Bonchev–Trinajstić information content (AvgIpc) is 2.82. The van der Waals surface area contributed by atoms with Gasteiger partial charge in [0.15, 0.2) is 0 Å². The van der Waals surface area contributed by atoms with Crippen molar-refractivity contribution in [2.75, 3.05) is 4.90 Å². The first-order valence-electron chi connectivity index (χ1n) is 11.8. The van der Waals surface area contributed by atoms with Crippen LogP contribution in [0, 0.1) is 0 Å². The highest BCUT2D eigenvalue weighted by atomic mass is 28.3. The van der Waals surface area contributed by atoms with Crippen molar-refractivity contribution in [2.24, 2.45) is 0 Å². The standard InChI is InChI=1S/C29H26BNOSi/c1-29(2)20-13-8-15-22-26(20)31-27-21(29)14-9-17-24(27)33(3,4)25-18-10-16-23(28(25)31)30(22)32-19-11-6-5-7-12-19/h5-18H,1-4H3. The van der Waals surface area contributed by atoms with E-state index in [-0.39, 0.29) is 12.3 Å². The molecule has 33 heavy (non-hydrogen) atoms. The van der Waals surface area contributed by atoms with Gasteiger partial charge in [0.05, 0.1) is 5.75 Å². The molecule has 0 radical (unpaired) electrons. The lowest BCUT2D eigenvalue weighted by molar-refractivity contribution is 0.590. The Hall–Kier alpha value is -3.24. The summed E-state index contributed by atoms with van der Waals surface area (Å²) in [5.41, 5.74) is 9.41. The summed E-state index contributed by atoms with van der Waals surface area (Å²) in [6.45, 7) is 9.65. The van der Waals surface area contributed by atoms with E-state index in [4.69, 9.17) is 4.65 Å². The lowest BCUT2D eigenvalue weighted by Crippen LogP contribution is -2.66. The van der Waals surface area contributed by atoms with Crippen LogP contribution >= 0.6 is 0 Å². The van der Waals surface area contributed by atoms with Gasteiger partial charge >= 0.3 is 6.92 Å². The molecule has 0 aromatic heterocycles. The van der Waals surface area contributed by atoms with Crippen molar-refractivity contribution in [3.8, 4) is 5.75 Å². The number of para-hydroxylation sites is 4. The fraction of sp³-hybridized carbons (Fsp3) is 0.172. The van der Waals surface area contributed by atoms with Crippen LogP contribution in [-0.4, -0.2) is 15.0 Å². The summed E-state index contributed by atoms with van der Waals surface area (Å²) in [6, 6.07) is 31.0. The van der Waals surface area contributed by atoms with Crippen LogP contribution in [0.1, 0.15) is 25.0 Å². The van der Waals surface area contributed by atoms with Gasteiger partial charge in [-0.15, -0.1) is 0 Å². The van der Waals surface area contributed by atoms with Gasteiger partial charge in [-0.1, -0.05) is 99.7 Å². The third-order valence-electron chi connectivity index (χ3n) is 8.10. The molecule has 0 amide bonds. The second kappa shape index (κ2) is 6.21. The van der Waals surface area contributed by atoms with E-state index in [1.807, 2.05) is 18.2 Å². The number of benzene rings is 4. The Morgan fingerprint density at radius 2 is 1.24 bits per heavy atom. The highest BCUT2D eigenvalue weighted by Crippen LogP contribution is 2.53. The number of nitrogens with zero attached hydrogens (tertiary/aromatic N) is 1. The predicted octanol–water partition coefficient (Wildman–Crippen LogP) is 4.43. The Morgan fingerprint density at radius 3 is 1.97 bits per heavy atom. The Balaban J connectivity index is 1.61. The summed E-state index contributed by atoms with van der Waals surface area (Å²) in [6.07, 6.45) is 0. The van der Waals surface area contributed by atoms with Crippen LogP contribution in [-0.2, 0) is 5.41 Å². The minimum atomic E-state index is -1.89. The van der Waals surface area contributed by atoms with Crippen LogP contribution in [0.3, 0.4) is 0 Å². The Morgan fingerprint density at radius 1 is 0.667 bits per heavy atom. The first-order valence-corrected chi connectivity index (χ1v) is 14.8. The quantitative estimate of drug-likeness (QED) is 0.425. The van der Waals surface area contributed by atoms with E-state index in [1.165, 1.54) is 44.3 Å². The smallest absolute Gasteiger partial charge is 0.430 e. The molecule has 4 aromatic rings. The summed E-state index contributed by atoms with van der Waals surface area (Å²) in [7, 11) is -1.89. The number of rotatable bonds is 2. The van der Waals surface area contributed by atoms with Crippen molar-refractivity contribution < 1.29 is 4.65 Å². The summed E-state index contributed by atoms with van der Waals surface area (Å²) in [4.78, 5) is 2.59. The predicted molar refractivity (Wildman–Crippen MR) is 142 cm³/mol. The van der Waals surface area contributed by atoms with Crippen LogP contribution < -0.4 is 30.9 Å². The second-order valence-electron chi connectivity index (χ2n) is 10.6. The maximum atomic E-state index is 6.77. The second-order valence-corrected chi connectivity index (χ2v) is 14.9.